The van der Waals surface area contributed by atoms with Crippen molar-refractivity contribution in [2.75, 3.05) is 14.2 Å². The summed E-state index contributed by atoms with van der Waals surface area (Å²) in [6.07, 6.45) is -0.504. The average molecular weight is 379 g/mol. The number of nitrogens with zero attached hydrogens (tertiary/aromatic N) is 1. The van der Waals surface area contributed by atoms with Gasteiger partial charge < -0.3 is 9.47 Å². The Morgan fingerprint density at radius 2 is 1.88 bits per heavy atom. The minimum absolute atomic E-state index is 0.0303. The summed E-state index contributed by atoms with van der Waals surface area (Å²) in [5.74, 6) is 0.586. The Bertz CT molecular complexity index is 846. The highest BCUT2D eigenvalue weighted by atomic mass is 32.3. The molecule has 10 heteroatoms. The molecule has 0 fully saturated rings. The van der Waals surface area contributed by atoms with Gasteiger partial charge in [-0.25, -0.2) is 8.42 Å². The Kier molecular flexibility index (Phi) is 4.75. The topological polar surface area (TPSA) is 110 Å². The highest BCUT2D eigenvalue weighted by Gasteiger charge is 2.43. The molecule has 2 atom stereocenters. The number of rotatable bonds is 5. The van der Waals surface area contributed by atoms with Crippen LogP contribution in [0.3, 0.4) is 0 Å². The Hall–Kier alpha value is -1.20. The van der Waals surface area contributed by atoms with Crippen molar-refractivity contribution in [1.29, 1.82) is 0 Å². The van der Waals surface area contributed by atoms with Crippen LogP contribution in [0.4, 0.5) is 0 Å². The number of hydrogen-bond donors (Lipinski definition) is 1. The molecule has 2 rings (SSSR count). The fourth-order valence-corrected chi connectivity index (χ4v) is 5.04. The van der Waals surface area contributed by atoms with Crippen molar-refractivity contribution < 1.29 is 30.9 Å². The number of methoxy groups -OCH3 is 1. The first kappa shape index (κ1) is 19.1. The van der Waals surface area contributed by atoms with Crippen molar-refractivity contribution in [3.63, 3.8) is 0 Å². The fourth-order valence-electron chi connectivity index (χ4n) is 2.67. The SMILES string of the molecule is COC1Oc2ccc(C(C)S(=O)(=O)N(C)S(=O)(=O)O)cc2C1(C)C. The Labute approximate surface area is 142 Å². The van der Waals surface area contributed by atoms with E-state index in [1.807, 2.05) is 13.8 Å². The molecule has 0 saturated carbocycles. The summed E-state index contributed by atoms with van der Waals surface area (Å²) in [6.45, 7) is 5.16. The van der Waals surface area contributed by atoms with E-state index in [4.69, 9.17) is 14.0 Å². The van der Waals surface area contributed by atoms with E-state index < -0.39 is 37.3 Å². The zero-order valence-corrected chi connectivity index (χ0v) is 15.7. The molecule has 2 unspecified atom stereocenters. The van der Waals surface area contributed by atoms with Crippen LogP contribution in [0.2, 0.25) is 0 Å². The lowest BCUT2D eigenvalue weighted by atomic mass is 9.84. The lowest BCUT2D eigenvalue weighted by Gasteiger charge is -2.24. The first-order valence-electron chi connectivity index (χ1n) is 7.12. The molecule has 0 bridgehead atoms. The van der Waals surface area contributed by atoms with Gasteiger partial charge in [0.25, 0.3) is 0 Å². The molecule has 1 aromatic rings. The van der Waals surface area contributed by atoms with Crippen molar-refractivity contribution in [2.24, 2.45) is 0 Å². The van der Waals surface area contributed by atoms with Gasteiger partial charge in [0, 0.05) is 19.7 Å². The summed E-state index contributed by atoms with van der Waals surface area (Å²) in [4.78, 5) is 0. The largest absolute Gasteiger partial charge is 0.464 e. The molecular formula is C14H21NO7S2. The minimum Gasteiger partial charge on any atom is -0.464 e. The van der Waals surface area contributed by atoms with Gasteiger partial charge in [0.15, 0.2) is 0 Å². The number of sulfonamides is 1. The zero-order chi connectivity index (χ0) is 18.5. The van der Waals surface area contributed by atoms with Crippen molar-refractivity contribution in [2.45, 2.75) is 37.7 Å². The molecule has 0 aliphatic carbocycles. The predicted molar refractivity (Wildman–Crippen MR) is 87.5 cm³/mol. The maximum Gasteiger partial charge on any atom is 0.348 e. The van der Waals surface area contributed by atoms with Crippen molar-refractivity contribution >= 4 is 20.3 Å². The molecule has 1 aromatic carbocycles. The fraction of sp³-hybridized carbons (Fsp3) is 0.571. The van der Waals surface area contributed by atoms with Crippen LogP contribution < -0.4 is 4.74 Å². The standard InChI is InChI=1S/C14H21NO7S2/c1-9(23(16,17)15(4)24(18,19)20)10-6-7-12-11(8-10)14(2,3)13(21-5)22-12/h6-9,13H,1-5H3,(H,18,19,20). The van der Waals surface area contributed by atoms with Crippen LogP contribution in [0.25, 0.3) is 0 Å². The van der Waals surface area contributed by atoms with Crippen LogP contribution in [-0.2, 0) is 30.5 Å². The molecule has 0 radical (unpaired) electrons. The first-order valence-corrected chi connectivity index (χ1v) is 10.0. The lowest BCUT2D eigenvalue weighted by Crippen LogP contribution is -2.35. The maximum absolute atomic E-state index is 12.4. The Morgan fingerprint density at radius 3 is 2.38 bits per heavy atom. The summed E-state index contributed by atoms with van der Waals surface area (Å²) in [6, 6.07) is 4.84. The molecular weight excluding hydrogens is 358 g/mol. The highest BCUT2D eigenvalue weighted by molar-refractivity contribution is 8.01. The quantitative estimate of drug-likeness (QED) is 0.771. The van der Waals surface area contributed by atoms with Crippen LogP contribution in [0.1, 0.15) is 37.1 Å². The van der Waals surface area contributed by atoms with Crippen LogP contribution >= 0.6 is 0 Å². The number of hydrogen-bond acceptors (Lipinski definition) is 6. The van der Waals surface area contributed by atoms with Crippen LogP contribution in [-0.4, -0.2) is 45.5 Å². The molecule has 8 nitrogen and oxygen atoms in total. The monoisotopic (exact) mass is 379 g/mol. The summed E-state index contributed by atoms with van der Waals surface area (Å²) >= 11 is 0. The van der Waals surface area contributed by atoms with Crippen molar-refractivity contribution in [3.8, 4) is 5.75 Å². The highest BCUT2D eigenvalue weighted by Crippen LogP contribution is 2.44. The summed E-state index contributed by atoms with van der Waals surface area (Å²) in [7, 11) is -6.84. The normalized spacial score (nSPS) is 21.4. The van der Waals surface area contributed by atoms with Crippen molar-refractivity contribution in [1.82, 2.24) is 3.71 Å². The van der Waals surface area contributed by atoms with Crippen molar-refractivity contribution in [3.05, 3.63) is 29.3 Å². The molecule has 1 heterocycles. The van der Waals surface area contributed by atoms with E-state index in [0.29, 0.717) is 11.3 Å². The van der Waals surface area contributed by atoms with E-state index in [2.05, 4.69) is 0 Å². The molecule has 1 aliphatic rings. The average Bonchev–Trinajstić information content (AvgIpc) is 2.75. The Morgan fingerprint density at radius 1 is 1.29 bits per heavy atom. The zero-order valence-electron chi connectivity index (χ0n) is 14.0. The van der Waals surface area contributed by atoms with E-state index in [1.165, 1.54) is 14.0 Å². The van der Waals surface area contributed by atoms with Crippen LogP contribution in [0, 0.1) is 0 Å². The second-order valence-corrected chi connectivity index (χ2v) is 10.2. The van der Waals surface area contributed by atoms with Gasteiger partial charge in [-0.3, -0.25) is 4.55 Å². The van der Waals surface area contributed by atoms with Gasteiger partial charge in [-0.2, -0.15) is 8.42 Å². The third-order valence-corrected chi connectivity index (χ3v) is 8.06. The number of benzene rings is 1. The first-order chi connectivity index (χ1) is 10.8. The second-order valence-electron chi connectivity index (χ2n) is 6.21. The van der Waals surface area contributed by atoms with E-state index in [1.54, 1.807) is 18.2 Å². The van der Waals surface area contributed by atoms with Gasteiger partial charge in [0.1, 0.15) is 5.75 Å². The number of fused-ring (bicyclic) bond motifs is 1. The molecule has 0 aromatic heterocycles. The summed E-state index contributed by atoms with van der Waals surface area (Å²) < 4.78 is 67.0. The van der Waals surface area contributed by atoms with Gasteiger partial charge in [0.05, 0.1) is 10.7 Å². The maximum atomic E-state index is 12.4. The van der Waals surface area contributed by atoms with E-state index in [-0.39, 0.29) is 3.71 Å². The molecule has 0 spiro atoms. The van der Waals surface area contributed by atoms with Crippen LogP contribution in [0.5, 0.6) is 5.75 Å². The molecule has 0 amide bonds. The van der Waals surface area contributed by atoms with Gasteiger partial charge in [0.2, 0.25) is 16.3 Å². The minimum atomic E-state index is -4.86. The lowest BCUT2D eigenvalue weighted by molar-refractivity contribution is -0.0779. The van der Waals surface area contributed by atoms with E-state index in [0.717, 1.165) is 12.6 Å². The smallest absolute Gasteiger partial charge is 0.348 e. The summed E-state index contributed by atoms with van der Waals surface area (Å²) in [5, 5.41) is -1.17. The second kappa shape index (κ2) is 5.95. The number of ether oxygens (including phenoxy) is 2. The molecule has 1 N–H and O–H groups in total. The van der Waals surface area contributed by atoms with E-state index >= 15 is 0 Å². The van der Waals surface area contributed by atoms with Gasteiger partial charge in [-0.1, -0.05) is 9.78 Å². The van der Waals surface area contributed by atoms with E-state index in [9.17, 15) is 16.8 Å². The van der Waals surface area contributed by atoms with Gasteiger partial charge in [-0.05, 0) is 38.5 Å². The van der Waals surface area contributed by atoms with Gasteiger partial charge >= 0.3 is 10.3 Å². The Balaban J connectivity index is 2.46. The van der Waals surface area contributed by atoms with Crippen LogP contribution in [0.15, 0.2) is 18.2 Å². The summed E-state index contributed by atoms with van der Waals surface area (Å²) in [5.41, 5.74) is 0.652. The third-order valence-electron chi connectivity index (χ3n) is 4.33. The van der Waals surface area contributed by atoms with Gasteiger partial charge in [-0.15, -0.1) is 0 Å². The molecule has 24 heavy (non-hydrogen) atoms. The molecule has 1 aliphatic heterocycles. The molecule has 136 valence electrons. The molecule has 0 saturated heterocycles. The predicted octanol–water partition coefficient (Wildman–Crippen LogP) is 1.45. The third kappa shape index (κ3) is 3.04.